The van der Waals surface area contributed by atoms with E-state index in [-0.39, 0.29) is 0 Å². The topological polar surface area (TPSA) is 38.3 Å². The summed E-state index contributed by atoms with van der Waals surface area (Å²) in [6.07, 6.45) is 0.587. The minimum atomic E-state index is 0.295. The molecule has 0 spiro atoms. The van der Waals surface area contributed by atoms with Crippen LogP contribution in [-0.2, 0) is 9.53 Å². The van der Waals surface area contributed by atoms with Gasteiger partial charge in [-0.1, -0.05) is 27.7 Å². The third kappa shape index (κ3) is 52.0. The Morgan fingerprint density at radius 3 is 1.80 bits per heavy atom. The molecule has 3 heteroatoms. The van der Waals surface area contributed by atoms with E-state index in [4.69, 9.17) is 0 Å². The second kappa shape index (κ2) is 39.6. The Morgan fingerprint density at radius 2 is 1.70 bits per heavy atom. The number of nitrogens with one attached hydrogen (secondary N) is 1. The molecule has 0 saturated carbocycles. The molecule has 0 aromatic carbocycles. The third-order valence-electron chi connectivity index (χ3n) is 0.311. The molecule has 0 aliphatic carbocycles. The lowest BCUT2D eigenvalue weighted by atomic mass is 11.0. The van der Waals surface area contributed by atoms with Crippen LogP contribution in [0.4, 0.5) is 0 Å². The van der Waals surface area contributed by atoms with E-state index >= 15 is 0 Å². The molecule has 0 fully saturated rings. The van der Waals surface area contributed by atoms with Crippen molar-refractivity contribution in [2.75, 3.05) is 13.8 Å². The van der Waals surface area contributed by atoms with Gasteiger partial charge >= 0.3 is 0 Å². The average molecular weight is 149 g/mol. The first-order chi connectivity index (χ1) is 4.91. The van der Waals surface area contributed by atoms with Gasteiger partial charge in [0, 0.05) is 7.11 Å². The van der Waals surface area contributed by atoms with Gasteiger partial charge in [0.1, 0.15) is 6.73 Å². The van der Waals surface area contributed by atoms with Gasteiger partial charge in [0.05, 0.1) is 0 Å². The second-order valence-electron chi connectivity index (χ2n) is 0.755. The Balaban J connectivity index is -0.000000105. The fourth-order valence-corrected chi connectivity index (χ4v) is 0.117. The predicted molar refractivity (Wildman–Crippen MR) is 43.8 cm³/mol. The van der Waals surface area contributed by atoms with E-state index in [0.29, 0.717) is 13.1 Å². The summed E-state index contributed by atoms with van der Waals surface area (Å²) >= 11 is 0. The average Bonchev–Trinajstić information content (AvgIpc) is 2.08. The quantitative estimate of drug-likeness (QED) is 0.374. The first-order valence-electron chi connectivity index (χ1n) is 3.57. The fourth-order valence-electron chi connectivity index (χ4n) is 0.117. The van der Waals surface area contributed by atoms with Gasteiger partial charge in [-0.3, -0.25) is 4.79 Å². The summed E-state index contributed by atoms with van der Waals surface area (Å²) in [6.45, 7) is 8.30. The normalized spacial score (nSPS) is 5.70. The highest BCUT2D eigenvalue weighted by molar-refractivity contribution is 5.45. The van der Waals surface area contributed by atoms with Gasteiger partial charge in [-0.05, 0) is 0 Å². The molecule has 3 nitrogen and oxygen atoms in total. The molecule has 10 heavy (non-hydrogen) atoms. The van der Waals surface area contributed by atoms with Crippen LogP contribution in [0.15, 0.2) is 0 Å². The van der Waals surface area contributed by atoms with E-state index in [1.54, 1.807) is 0 Å². The largest absolute Gasteiger partial charge is 0.365 e. The molecular weight excluding hydrogens is 130 g/mol. The van der Waals surface area contributed by atoms with Gasteiger partial charge in [0.15, 0.2) is 0 Å². The number of ether oxygens (including phenoxy) is 1. The summed E-state index contributed by atoms with van der Waals surface area (Å²) in [5.41, 5.74) is 0. The highest BCUT2D eigenvalue weighted by Crippen LogP contribution is 1.49. The molecule has 64 valence electrons. The zero-order valence-electron chi connectivity index (χ0n) is 7.60. The van der Waals surface area contributed by atoms with Gasteiger partial charge in [-0.2, -0.15) is 0 Å². The van der Waals surface area contributed by atoms with Crippen molar-refractivity contribution in [1.29, 1.82) is 0 Å². The number of rotatable bonds is 3. The molecule has 0 saturated heterocycles. The molecule has 0 aliphatic heterocycles. The maximum Gasteiger partial charge on any atom is 0.208 e. The van der Waals surface area contributed by atoms with Gasteiger partial charge in [0.2, 0.25) is 6.41 Å². The predicted octanol–water partition coefficient (Wildman–Crippen LogP) is 1.39. The standard InChI is InChI=1S/C3H7NO2.2C2H6/c1-6-3-4-2-5;2*1-2/h2H,3H2,1H3,(H,4,5);2*1-2H3. The van der Waals surface area contributed by atoms with Crippen LogP contribution >= 0.6 is 0 Å². The smallest absolute Gasteiger partial charge is 0.208 e. The van der Waals surface area contributed by atoms with Crippen LogP contribution in [0.2, 0.25) is 0 Å². The van der Waals surface area contributed by atoms with Gasteiger partial charge in [-0.15, -0.1) is 0 Å². The van der Waals surface area contributed by atoms with Crippen LogP contribution in [0.5, 0.6) is 0 Å². The lowest BCUT2D eigenvalue weighted by Gasteiger charge is -1.89. The first kappa shape index (κ1) is 16.2. The molecule has 1 N–H and O–H groups in total. The van der Waals surface area contributed by atoms with Crippen LogP contribution in [0.3, 0.4) is 0 Å². The fraction of sp³-hybridized carbons (Fsp3) is 0.857. The van der Waals surface area contributed by atoms with Crippen molar-refractivity contribution in [3.05, 3.63) is 0 Å². The number of hydrogen-bond acceptors (Lipinski definition) is 2. The molecule has 0 aromatic rings. The summed E-state index contributed by atoms with van der Waals surface area (Å²) in [6, 6.07) is 0. The van der Waals surface area contributed by atoms with Gasteiger partial charge < -0.3 is 10.1 Å². The Labute approximate surface area is 63.8 Å². The molecule has 0 atom stereocenters. The Hall–Kier alpha value is -0.570. The lowest BCUT2D eigenvalue weighted by molar-refractivity contribution is -0.110. The van der Waals surface area contributed by atoms with E-state index in [2.05, 4.69) is 10.1 Å². The van der Waals surface area contributed by atoms with Crippen molar-refractivity contribution < 1.29 is 9.53 Å². The van der Waals surface area contributed by atoms with Crippen LogP contribution in [0.1, 0.15) is 27.7 Å². The van der Waals surface area contributed by atoms with E-state index in [0.717, 1.165) is 0 Å². The van der Waals surface area contributed by atoms with Crippen molar-refractivity contribution in [3.63, 3.8) is 0 Å². The Bertz CT molecular complexity index is 40.6. The Morgan fingerprint density at radius 1 is 1.30 bits per heavy atom. The number of carbonyl (C=O) groups excluding carboxylic acids is 1. The summed E-state index contributed by atoms with van der Waals surface area (Å²) in [4.78, 5) is 9.37. The number of methoxy groups -OCH3 is 1. The van der Waals surface area contributed by atoms with Crippen molar-refractivity contribution in [3.8, 4) is 0 Å². The van der Waals surface area contributed by atoms with Crippen LogP contribution in [-0.4, -0.2) is 20.3 Å². The lowest BCUT2D eigenvalue weighted by Crippen LogP contribution is -2.12. The zero-order chi connectivity index (χ0) is 8.83. The van der Waals surface area contributed by atoms with E-state index in [9.17, 15) is 4.79 Å². The zero-order valence-corrected chi connectivity index (χ0v) is 7.60. The first-order valence-corrected chi connectivity index (χ1v) is 3.57. The monoisotopic (exact) mass is 149 g/mol. The molecule has 0 heterocycles. The summed E-state index contributed by atoms with van der Waals surface area (Å²) < 4.78 is 4.44. The molecule has 0 aromatic heterocycles. The van der Waals surface area contributed by atoms with E-state index in [1.165, 1.54) is 7.11 Å². The highest BCUT2D eigenvalue weighted by Gasteiger charge is 1.67. The Kier molecular flexibility index (Phi) is 64.1. The van der Waals surface area contributed by atoms with E-state index < -0.39 is 0 Å². The minimum absolute atomic E-state index is 0.295. The maximum atomic E-state index is 9.37. The highest BCUT2D eigenvalue weighted by atomic mass is 16.5. The molecule has 1 amide bonds. The van der Waals surface area contributed by atoms with E-state index in [1.807, 2.05) is 27.7 Å². The SMILES string of the molecule is CC.CC.COCNC=O. The molecule has 0 unspecified atom stereocenters. The maximum absolute atomic E-state index is 9.37. The molecular formula is C7H19NO2. The summed E-state index contributed by atoms with van der Waals surface area (Å²) in [5, 5.41) is 2.30. The molecule has 0 bridgehead atoms. The van der Waals surface area contributed by atoms with Crippen molar-refractivity contribution in [1.82, 2.24) is 5.32 Å². The third-order valence-corrected chi connectivity index (χ3v) is 0.311. The summed E-state index contributed by atoms with van der Waals surface area (Å²) in [7, 11) is 1.51. The summed E-state index contributed by atoms with van der Waals surface area (Å²) in [5.74, 6) is 0. The van der Waals surface area contributed by atoms with Gasteiger partial charge in [-0.25, -0.2) is 0 Å². The van der Waals surface area contributed by atoms with Crippen molar-refractivity contribution >= 4 is 6.41 Å². The molecule has 0 aliphatic rings. The minimum Gasteiger partial charge on any atom is -0.365 e. The van der Waals surface area contributed by atoms with Crippen LogP contribution < -0.4 is 5.32 Å². The van der Waals surface area contributed by atoms with Crippen molar-refractivity contribution in [2.24, 2.45) is 0 Å². The number of hydrogen-bond donors (Lipinski definition) is 1. The number of amides is 1. The van der Waals surface area contributed by atoms with Gasteiger partial charge in [0.25, 0.3) is 0 Å². The number of carbonyl (C=O) groups is 1. The molecule has 0 rings (SSSR count). The second-order valence-corrected chi connectivity index (χ2v) is 0.755. The van der Waals surface area contributed by atoms with Crippen molar-refractivity contribution in [2.45, 2.75) is 27.7 Å². The van der Waals surface area contributed by atoms with Crippen LogP contribution in [0, 0.1) is 0 Å². The molecule has 0 radical (unpaired) electrons. The van der Waals surface area contributed by atoms with Crippen LogP contribution in [0.25, 0.3) is 0 Å².